The van der Waals surface area contributed by atoms with Gasteiger partial charge in [-0.1, -0.05) is 0 Å². The number of ether oxygens (including phenoxy) is 1. The second-order valence-electron chi connectivity index (χ2n) is 5.61. The van der Waals surface area contributed by atoms with E-state index in [4.69, 9.17) is 9.88 Å². The number of sulfonamides is 1. The van der Waals surface area contributed by atoms with Crippen LogP contribution in [0, 0.1) is 0 Å². The lowest BCUT2D eigenvalue weighted by Gasteiger charge is -2.27. The average molecular weight is 314 g/mol. The van der Waals surface area contributed by atoms with Gasteiger partial charge in [0.05, 0.1) is 10.5 Å². The molecule has 0 unspecified atom stereocenters. The van der Waals surface area contributed by atoms with Crippen LogP contribution in [0.2, 0.25) is 0 Å². The highest BCUT2D eigenvalue weighted by Gasteiger charge is 2.21. The molecule has 0 aliphatic carbocycles. The van der Waals surface area contributed by atoms with Gasteiger partial charge in [-0.15, -0.1) is 0 Å². The van der Waals surface area contributed by atoms with Crippen LogP contribution in [0.4, 0.5) is 0 Å². The van der Waals surface area contributed by atoms with E-state index < -0.39 is 10.0 Å². The number of carbonyl (C=O) groups is 1. The molecule has 0 aliphatic rings. The van der Waals surface area contributed by atoms with E-state index in [9.17, 15) is 13.2 Å². The van der Waals surface area contributed by atoms with Crippen LogP contribution < -0.4 is 10.5 Å². The van der Waals surface area contributed by atoms with E-state index in [1.54, 1.807) is 7.11 Å². The molecule has 21 heavy (non-hydrogen) atoms. The molecule has 0 heterocycles. The van der Waals surface area contributed by atoms with Gasteiger partial charge in [-0.05, 0) is 51.5 Å². The van der Waals surface area contributed by atoms with Crippen molar-refractivity contribution in [1.82, 2.24) is 5.32 Å². The number of rotatable bonds is 6. The lowest BCUT2D eigenvalue weighted by molar-refractivity contribution is 0.00885. The predicted molar refractivity (Wildman–Crippen MR) is 80.4 cm³/mol. The number of primary sulfonamides is 1. The van der Waals surface area contributed by atoms with Crippen molar-refractivity contribution in [3.8, 4) is 0 Å². The van der Waals surface area contributed by atoms with Crippen molar-refractivity contribution in [3.63, 3.8) is 0 Å². The Labute approximate surface area is 125 Å². The molecule has 3 N–H and O–H groups in total. The number of hydrogen-bond acceptors (Lipinski definition) is 4. The normalized spacial score (nSPS) is 13.8. The summed E-state index contributed by atoms with van der Waals surface area (Å²) in [4.78, 5) is 12.0. The number of nitrogens with two attached hydrogens (primary N) is 1. The Morgan fingerprint density at radius 3 is 2.29 bits per heavy atom. The number of benzene rings is 1. The Balaban J connectivity index is 2.72. The summed E-state index contributed by atoms with van der Waals surface area (Å²) in [5.41, 5.74) is 0.0500. The smallest absolute Gasteiger partial charge is 0.251 e. The molecule has 0 aliphatic heterocycles. The highest BCUT2D eigenvalue weighted by atomic mass is 32.2. The zero-order valence-electron chi connectivity index (χ0n) is 12.7. The molecule has 0 bridgehead atoms. The lowest BCUT2D eigenvalue weighted by atomic mass is 9.99. The number of hydrogen-bond donors (Lipinski definition) is 2. The molecule has 0 saturated heterocycles. The van der Waals surface area contributed by atoms with Gasteiger partial charge in [0.1, 0.15) is 0 Å². The van der Waals surface area contributed by atoms with Crippen LogP contribution in [0.1, 0.15) is 37.6 Å². The van der Waals surface area contributed by atoms with Crippen LogP contribution in [-0.4, -0.2) is 33.1 Å². The van der Waals surface area contributed by atoms with E-state index in [0.717, 1.165) is 0 Å². The van der Waals surface area contributed by atoms with E-state index in [1.807, 2.05) is 20.8 Å². The molecular formula is C14H22N2O4S. The van der Waals surface area contributed by atoms with Gasteiger partial charge in [-0.2, -0.15) is 0 Å². The molecule has 7 heteroatoms. The summed E-state index contributed by atoms with van der Waals surface area (Å²) in [7, 11) is -2.12. The van der Waals surface area contributed by atoms with Crippen molar-refractivity contribution < 1.29 is 17.9 Å². The van der Waals surface area contributed by atoms with Crippen LogP contribution in [0.25, 0.3) is 0 Å². The fourth-order valence-corrected chi connectivity index (χ4v) is 2.49. The van der Waals surface area contributed by atoms with Gasteiger partial charge in [-0.25, -0.2) is 13.6 Å². The van der Waals surface area contributed by atoms with Crippen LogP contribution in [0.5, 0.6) is 0 Å². The molecule has 118 valence electrons. The summed E-state index contributed by atoms with van der Waals surface area (Å²) in [6, 6.07) is 5.42. The third-order valence-electron chi connectivity index (χ3n) is 3.17. The second kappa shape index (κ2) is 6.55. The van der Waals surface area contributed by atoms with Crippen molar-refractivity contribution in [2.45, 2.75) is 43.7 Å². The third-order valence-corrected chi connectivity index (χ3v) is 4.10. The number of amides is 1. The lowest BCUT2D eigenvalue weighted by Crippen LogP contribution is -2.38. The monoisotopic (exact) mass is 314 g/mol. The minimum absolute atomic E-state index is 0.0207. The first-order valence-electron chi connectivity index (χ1n) is 6.54. The maximum absolute atomic E-state index is 12.1. The zero-order chi connectivity index (χ0) is 16.3. The van der Waals surface area contributed by atoms with Gasteiger partial charge in [0.2, 0.25) is 10.0 Å². The first kappa shape index (κ1) is 17.6. The topological polar surface area (TPSA) is 98.5 Å². The summed E-state index contributed by atoms with van der Waals surface area (Å²) in [6.45, 7) is 5.77. The number of nitrogens with one attached hydrogen (secondary N) is 1. The van der Waals surface area contributed by atoms with Crippen molar-refractivity contribution in [1.29, 1.82) is 0 Å². The van der Waals surface area contributed by atoms with Crippen molar-refractivity contribution in [2.24, 2.45) is 5.14 Å². The molecular weight excluding hydrogens is 292 g/mol. The van der Waals surface area contributed by atoms with Crippen LogP contribution in [-0.2, 0) is 14.8 Å². The predicted octanol–water partition coefficient (Wildman–Crippen LogP) is 1.27. The summed E-state index contributed by atoms with van der Waals surface area (Å²) < 4.78 is 27.6. The first-order valence-corrected chi connectivity index (χ1v) is 8.09. The van der Waals surface area contributed by atoms with E-state index in [0.29, 0.717) is 12.0 Å². The van der Waals surface area contributed by atoms with E-state index in [-0.39, 0.29) is 22.4 Å². The minimum Gasteiger partial charge on any atom is -0.379 e. The average Bonchev–Trinajstić information content (AvgIpc) is 2.37. The Hall–Kier alpha value is -1.44. The molecule has 1 amide bonds. The standard InChI is InChI=1S/C14H22N2O4S/c1-10(9-14(2,3)20-4)16-13(17)11-5-7-12(8-6-11)21(15,18)19/h5-8,10H,9H2,1-4H3,(H,16,17)(H2,15,18,19)/t10-/m0/s1. The molecule has 0 aromatic heterocycles. The summed E-state index contributed by atoms with van der Waals surface area (Å²) in [5, 5.41) is 7.85. The second-order valence-corrected chi connectivity index (χ2v) is 7.17. The molecule has 0 radical (unpaired) electrons. The first-order chi connectivity index (χ1) is 9.55. The van der Waals surface area contributed by atoms with Crippen LogP contribution >= 0.6 is 0 Å². The summed E-state index contributed by atoms with van der Waals surface area (Å²) in [6.07, 6.45) is 0.657. The fraction of sp³-hybridized carbons (Fsp3) is 0.500. The Kier molecular flexibility index (Phi) is 5.49. The maximum atomic E-state index is 12.1. The van der Waals surface area contributed by atoms with Crippen molar-refractivity contribution >= 4 is 15.9 Å². The Morgan fingerprint density at radius 1 is 1.33 bits per heavy atom. The van der Waals surface area contributed by atoms with Gasteiger partial charge < -0.3 is 10.1 Å². The molecule has 0 spiro atoms. The quantitative estimate of drug-likeness (QED) is 0.826. The molecule has 0 fully saturated rings. The molecule has 1 aromatic rings. The zero-order valence-corrected chi connectivity index (χ0v) is 13.5. The number of methoxy groups -OCH3 is 1. The Morgan fingerprint density at radius 2 is 1.86 bits per heavy atom. The highest BCUT2D eigenvalue weighted by molar-refractivity contribution is 7.89. The molecule has 1 aromatic carbocycles. The number of carbonyl (C=O) groups excluding carboxylic acids is 1. The molecule has 1 atom stereocenters. The largest absolute Gasteiger partial charge is 0.379 e. The summed E-state index contributed by atoms with van der Waals surface area (Å²) in [5.74, 6) is -0.268. The van der Waals surface area contributed by atoms with Gasteiger partial charge >= 0.3 is 0 Å². The van der Waals surface area contributed by atoms with Crippen LogP contribution in [0.15, 0.2) is 29.2 Å². The van der Waals surface area contributed by atoms with Crippen molar-refractivity contribution in [3.05, 3.63) is 29.8 Å². The van der Waals surface area contributed by atoms with Gasteiger partial charge in [0, 0.05) is 18.7 Å². The summed E-state index contributed by atoms with van der Waals surface area (Å²) >= 11 is 0. The highest BCUT2D eigenvalue weighted by Crippen LogP contribution is 2.16. The maximum Gasteiger partial charge on any atom is 0.251 e. The van der Waals surface area contributed by atoms with Gasteiger partial charge in [-0.3, -0.25) is 4.79 Å². The molecule has 0 saturated carbocycles. The molecule has 1 rings (SSSR count). The molecule has 6 nitrogen and oxygen atoms in total. The van der Waals surface area contributed by atoms with E-state index in [2.05, 4.69) is 5.32 Å². The minimum atomic E-state index is -3.74. The van der Waals surface area contributed by atoms with Gasteiger partial charge in [0.25, 0.3) is 5.91 Å². The van der Waals surface area contributed by atoms with Crippen molar-refractivity contribution in [2.75, 3.05) is 7.11 Å². The Bertz CT molecular complexity index is 594. The van der Waals surface area contributed by atoms with Crippen LogP contribution in [0.3, 0.4) is 0 Å². The van der Waals surface area contributed by atoms with Gasteiger partial charge in [0.15, 0.2) is 0 Å². The van der Waals surface area contributed by atoms with E-state index in [1.165, 1.54) is 24.3 Å². The fourth-order valence-electron chi connectivity index (χ4n) is 1.97. The third kappa shape index (κ3) is 5.45. The SMILES string of the molecule is COC(C)(C)C[C@H](C)NC(=O)c1ccc(S(N)(=O)=O)cc1. The van der Waals surface area contributed by atoms with E-state index >= 15 is 0 Å².